The second-order valence-electron chi connectivity index (χ2n) is 17.4. The van der Waals surface area contributed by atoms with Crippen LogP contribution in [0.4, 0.5) is 17.1 Å². The van der Waals surface area contributed by atoms with E-state index in [1.807, 2.05) is 0 Å². The Balaban J connectivity index is 1.18. The van der Waals surface area contributed by atoms with Gasteiger partial charge in [0.2, 0.25) is 0 Å². The summed E-state index contributed by atoms with van der Waals surface area (Å²) in [5.74, 6) is 0. The molecule has 0 atom stereocenters. The van der Waals surface area contributed by atoms with Gasteiger partial charge in [0, 0.05) is 17.1 Å². The number of anilines is 3. The van der Waals surface area contributed by atoms with Gasteiger partial charge in [-0.15, -0.1) is 0 Å². The Kier molecular flexibility index (Phi) is 7.03. The predicted molar refractivity (Wildman–Crippen MR) is 259 cm³/mol. The highest BCUT2D eigenvalue weighted by molar-refractivity contribution is 6.09. The van der Waals surface area contributed by atoms with Crippen molar-refractivity contribution in [1.29, 1.82) is 0 Å². The minimum absolute atomic E-state index is 0.506. The van der Waals surface area contributed by atoms with Crippen molar-refractivity contribution in [2.24, 2.45) is 0 Å². The molecule has 1 heteroatoms. The molecule has 1 nitrogen and oxygen atoms in total. The fraction of sp³-hybridized carbons (Fsp3) is 0.0323. The average Bonchev–Trinajstić information content (AvgIpc) is 4.03. The third-order valence-electron chi connectivity index (χ3n) is 14.7. The zero-order valence-electron chi connectivity index (χ0n) is 34.5. The summed E-state index contributed by atoms with van der Waals surface area (Å²) in [7, 11) is 0. The number of fused-ring (bicyclic) bond motifs is 20. The molecule has 0 radical (unpaired) electrons. The first-order valence-corrected chi connectivity index (χ1v) is 22.1. The zero-order valence-corrected chi connectivity index (χ0v) is 34.5. The highest BCUT2D eigenvalue weighted by Crippen LogP contribution is 2.70. The third-order valence-corrected chi connectivity index (χ3v) is 14.7. The standard InChI is InChI=1S/C62H39N/c1-4-20-40(21-5-1)58-59-48-30-14-19-35-54(48)61(50-31-15-10-26-44(50)45-27-11-16-32-51(45)61)56(59)39-57-60(58)49-37-36-43(63(41-22-6-2-7-23-41)42-24-8-3-9-25-42)38-55(49)62(57)52-33-17-12-28-46(52)47-29-13-18-34-53(47)62/h1-39H. The van der Waals surface area contributed by atoms with Crippen molar-refractivity contribution in [2.75, 3.05) is 4.90 Å². The van der Waals surface area contributed by atoms with Gasteiger partial charge in [0.1, 0.15) is 0 Å². The van der Waals surface area contributed by atoms with E-state index in [2.05, 4.69) is 241 Å². The van der Waals surface area contributed by atoms with Gasteiger partial charge < -0.3 is 4.90 Å². The molecule has 0 heterocycles. The van der Waals surface area contributed by atoms with E-state index in [0.717, 1.165) is 17.1 Å². The van der Waals surface area contributed by atoms with Crippen LogP contribution in [0.2, 0.25) is 0 Å². The summed E-state index contributed by atoms with van der Waals surface area (Å²) >= 11 is 0. The summed E-state index contributed by atoms with van der Waals surface area (Å²) in [4.78, 5) is 2.42. The lowest BCUT2D eigenvalue weighted by molar-refractivity contribution is 0.768. The lowest BCUT2D eigenvalue weighted by Crippen LogP contribution is -2.29. The molecule has 0 saturated carbocycles. The van der Waals surface area contributed by atoms with Gasteiger partial charge in [0.15, 0.2) is 0 Å². The molecular weight excluding hydrogens is 759 g/mol. The SMILES string of the molecule is c1ccc(-c2c3c(cc4c2-c2ccc(N(c5ccccc5)c5ccccc5)cc2C42c4ccccc4-c4ccccc42)C2(c4ccccc4-c4ccccc42)c2ccccc2-3)cc1. The van der Waals surface area contributed by atoms with Gasteiger partial charge in [-0.25, -0.2) is 0 Å². The van der Waals surface area contributed by atoms with Crippen LogP contribution in [0.5, 0.6) is 0 Å². The maximum Gasteiger partial charge on any atom is 0.0726 e. The highest BCUT2D eigenvalue weighted by Gasteiger charge is 2.57. The minimum Gasteiger partial charge on any atom is -0.310 e. The van der Waals surface area contributed by atoms with Gasteiger partial charge in [0.05, 0.1) is 10.8 Å². The molecule has 0 aromatic heterocycles. The Morgan fingerprint density at radius 3 is 1.03 bits per heavy atom. The van der Waals surface area contributed by atoms with Crippen LogP contribution in [0.25, 0.3) is 55.6 Å². The molecule has 0 fully saturated rings. The van der Waals surface area contributed by atoms with Crippen LogP contribution in [-0.2, 0) is 10.8 Å². The largest absolute Gasteiger partial charge is 0.310 e. The minimum atomic E-state index is -0.598. The number of hydrogen-bond donors (Lipinski definition) is 0. The number of hydrogen-bond acceptors (Lipinski definition) is 1. The molecule has 0 N–H and O–H groups in total. The fourth-order valence-electron chi connectivity index (χ4n) is 12.5. The van der Waals surface area contributed by atoms with Gasteiger partial charge in [-0.2, -0.15) is 0 Å². The van der Waals surface area contributed by atoms with Gasteiger partial charge in [-0.1, -0.05) is 200 Å². The Bertz CT molecular complexity index is 3380. The molecule has 2 spiro atoms. The molecule has 292 valence electrons. The average molecular weight is 798 g/mol. The molecule has 4 aliphatic carbocycles. The topological polar surface area (TPSA) is 3.24 Å². The maximum atomic E-state index is 2.68. The van der Waals surface area contributed by atoms with E-state index >= 15 is 0 Å². The van der Waals surface area contributed by atoms with Crippen molar-refractivity contribution in [1.82, 2.24) is 0 Å². The van der Waals surface area contributed by atoms with E-state index in [-0.39, 0.29) is 0 Å². The smallest absolute Gasteiger partial charge is 0.0726 e. The van der Waals surface area contributed by atoms with E-state index in [1.54, 1.807) is 0 Å². The van der Waals surface area contributed by atoms with E-state index < -0.39 is 10.8 Å². The highest BCUT2D eigenvalue weighted by atomic mass is 15.1. The Morgan fingerprint density at radius 1 is 0.222 bits per heavy atom. The van der Waals surface area contributed by atoms with E-state index in [0.29, 0.717) is 0 Å². The summed E-state index contributed by atoms with van der Waals surface area (Å²) in [6.07, 6.45) is 0. The first kappa shape index (κ1) is 34.7. The van der Waals surface area contributed by atoms with Gasteiger partial charge >= 0.3 is 0 Å². The summed E-state index contributed by atoms with van der Waals surface area (Å²) in [5, 5.41) is 0. The first-order valence-electron chi connectivity index (χ1n) is 22.1. The fourth-order valence-corrected chi connectivity index (χ4v) is 12.5. The molecule has 0 saturated heterocycles. The van der Waals surface area contributed by atoms with Gasteiger partial charge in [-0.3, -0.25) is 0 Å². The van der Waals surface area contributed by atoms with Crippen molar-refractivity contribution in [2.45, 2.75) is 10.8 Å². The van der Waals surface area contributed by atoms with Crippen LogP contribution in [0, 0.1) is 0 Å². The first-order chi connectivity index (χ1) is 31.3. The second kappa shape index (κ2) is 12.8. The van der Waals surface area contributed by atoms with Gasteiger partial charge in [-0.05, 0) is 137 Å². The zero-order chi connectivity index (χ0) is 41.3. The summed E-state index contributed by atoms with van der Waals surface area (Å²) in [6.45, 7) is 0. The molecule has 0 bridgehead atoms. The molecule has 14 rings (SSSR count). The van der Waals surface area contributed by atoms with Crippen LogP contribution in [0.1, 0.15) is 44.5 Å². The summed E-state index contributed by atoms with van der Waals surface area (Å²) in [6, 6.07) is 89.0. The van der Waals surface area contributed by atoms with Crippen molar-refractivity contribution in [3.05, 3.63) is 281 Å². The van der Waals surface area contributed by atoms with Crippen LogP contribution in [0.3, 0.4) is 0 Å². The normalized spacial score (nSPS) is 14.3. The Labute approximate surface area is 367 Å². The molecule has 0 amide bonds. The third kappa shape index (κ3) is 4.31. The van der Waals surface area contributed by atoms with Gasteiger partial charge in [0.25, 0.3) is 0 Å². The lowest BCUT2D eigenvalue weighted by atomic mass is 9.66. The van der Waals surface area contributed by atoms with Crippen molar-refractivity contribution < 1.29 is 0 Å². The molecule has 0 unspecified atom stereocenters. The maximum absolute atomic E-state index is 2.68. The molecule has 0 aliphatic heterocycles. The number of para-hydroxylation sites is 2. The number of benzene rings is 10. The molecule has 10 aromatic carbocycles. The lowest BCUT2D eigenvalue weighted by Gasteiger charge is -2.35. The monoisotopic (exact) mass is 797 g/mol. The number of nitrogens with zero attached hydrogens (tertiary/aromatic N) is 1. The van der Waals surface area contributed by atoms with Crippen molar-refractivity contribution in [3.8, 4) is 55.6 Å². The van der Waals surface area contributed by atoms with Crippen molar-refractivity contribution in [3.63, 3.8) is 0 Å². The summed E-state index contributed by atoms with van der Waals surface area (Å²) in [5.41, 5.74) is 26.1. The van der Waals surface area contributed by atoms with Crippen LogP contribution in [-0.4, -0.2) is 0 Å². The second-order valence-corrected chi connectivity index (χ2v) is 17.4. The Hall–Kier alpha value is -8.00. The summed E-state index contributed by atoms with van der Waals surface area (Å²) < 4.78 is 0. The quantitative estimate of drug-likeness (QED) is 0.171. The molecule has 63 heavy (non-hydrogen) atoms. The van der Waals surface area contributed by atoms with Crippen LogP contribution < -0.4 is 4.90 Å². The van der Waals surface area contributed by atoms with Crippen LogP contribution >= 0.6 is 0 Å². The van der Waals surface area contributed by atoms with E-state index in [1.165, 1.54) is 100 Å². The molecule has 4 aliphatic rings. The van der Waals surface area contributed by atoms with Crippen molar-refractivity contribution >= 4 is 17.1 Å². The number of rotatable bonds is 4. The molecule has 10 aromatic rings. The molecular formula is C62H39N. The van der Waals surface area contributed by atoms with Crippen LogP contribution in [0.15, 0.2) is 237 Å². The Morgan fingerprint density at radius 2 is 0.571 bits per heavy atom. The van der Waals surface area contributed by atoms with E-state index in [9.17, 15) is 0 Å². The predicted octanol–water partition coefficient (Wildman–Crippen LogP) is 15.5. The van der Waals surface area contributed by atoms with E-state index in [4.69, 9.17) is 0 Å².